The molecule has 18 heavy (non-hydrogen) atoms. The summed E-state index contributed by atoms with van der Waals surface area (Å²) in [4.78, 5) is 14.0. The monoisotopic (exact) mass is 353 g/mol. The quantitative estimate of drug-likeness (QED) is 0.655. The number of nitrogens with zero attached hydrogens (tertiary/aromatic N) is 1. The van der Waals surface area contributed by atoms with Gasteiger partial charge >= 0.3 is 0 Å². The lowest BCUT2D eigenvalue weighted by atomic mass is 9.82. The number of halogens is 1. The lowest BCUT2D eigenvalue weighted by Gasteiger charge is -2.36. The highest BCUT2D eigenvalue weighted by Crippen LogP contribution is 2.40. The van der Waals surface area contributed by atoms with Gasteiger partial charge in [-0.2, -0.15) is 0 Å². The molecular weight excluding hydrogens is 337 g/mol. The first kappa shape index (κ1) is 12.2. The zero-order chi connectivity index (χ0) is 12.9. The Labute approximate surface area is 121 Å². The van der Waals surface area contributed by atoms with E-state index in [4.69, 9.17) is 0 Å². The lowest BCUT2D eigenvalue weighted by molar-refractivity contribution is -0.131. The smallest absolute Gasteiger partial charge is 0.229 e. The molecule has 0 bridgehead atoms. The van der Waals surface area contributed by atoms with Crippen molar-refractivity contribution in [2.75, 3.05) is 7.05 Å². The van der Waals surface area contributed by atoms with Gasteiger partial charge in [-0.05, 0) is 65.1 Å². The maximum absolute atomic E-state index is 12.2. The molecule has 1 aliphatic heterocycles. The number of hydrogen-bond acceptors (Lipinski definition) is 1. The number of fused-ring (bicyclic) bond motifs is 2. The van der Waals surface area contributed by atoms with Crippen molar-refractivity contribution >= 4 is 34.2 Å². The fourth-order valence-corrected chi connectivity index (χ4v) is 3.59. The van der Waals surface area contributed by atoms with Gasteiger partial charge in [-0.25, -0.2) is 0 Å². The molecule has 1 amide bonds. The number of allylic oxidation sites excluding steroid dienone is 1. The number of carbonyl (C=O) groups excluding carboxylic acids is 1. The maximum Gasteiger partial charge on any atom is 0.229 e. The van der Waals surface area contributed by atoms with Crippen LogP contribution in [0.2, 0.25) is 0 Å². The molecule has 1 atom stereocenters. The predicted octanol–water partition coefficient (Wildman–Crippen LogP) is 3.45. The van der Waals surface area contributed by atoms with E-state index in [-0.39, 0.29) is 11.8 Å². The Morgan fingerprint density at radius 2 is 2.11 bits per heavy atom. The van der Waals surface area contributed by atoms with Crippen LogP contribution in [0.3, 0.4) is 0 Å². The molecule has 1 aromatic carbocycles. The van der Waals surface area contributed by atoms with Gasteiger partial charge in [0.1, 0.15) is 0 Å². The van der Waals surface area contributed by atoms with E-state index >= 15 is 0 Å². The van der Waals surface area contributed by atoms with Crippen LogP contribution in [0.1, 0.15) is 30.9 Å². The van der Waals surface area contributed by atoms with Gasteiger partial charge in [0.15, 0.2) is 0 Å². The van der Waals surface area contributed by atoms with Crippen LogP contribution in [0.15, 0.2) is 23.8 Å². The average molecular weight is 353 g/mol. The molecule has 0 radical (unpaired) electrons. The van der Waals surface area contributed by atoms with E-state index in [1.54, 1.807) is 0 Å². The van der Waals surface area contributed by atoms with Crippen LogP contribution in [0.25, 0.3) is 5.70 Å². The van der Waals surface area contributed by atoms with Gasteiger partial charge < -0.3 is 4.90 Å². The molecule has 2 nitrogen and oxygen atoms in total. The summed E-state index contributed by atoms with van der Waals surface area (Å²) >= 11 is 2.34. The molecule has 0 saturated carbocycles. The van der Waals surface area contributed by atoms with E-state index in [1.165, 1.54) is 26.0 Å². The van der Waals surface area contributed by atoms with Crippen molar-refractivity contribution in [2.45, 2.75) is 26.2 Å². The van der Waals surface area contributed by atoms with E-state index in [1.807, 2.05) is 18.9 Å². The third-order valence-corrected chi connectivity index (χ3v) is 4.67. The molecule has 1 aliphatic carbocycles. The molecule has 3 heteroatoms. The molecule has 0 spiro atoms. The Bertz CT molecular complexity index is 562. The minimum Gasteiger partial charge on any atom is -0.315 e. The largest absolute Gasteiger partial charge is 0.315 e. The normalized spacial score (nSPS) is 22.9. The Morgan fingerprint density at radius 1 is 1.33 bits per heavy atom. The second-order valence-electron chi connectivity index (χ2n) is 5.26. The van der Waals surface area contributed by atoms with Crippen molar-refractivity contribution in [2.24, 2.45) is 5.92 Å². The Balaban J connectivity index is 2.17. The number of aryl methyl sites for hydroxylation is 1. The van der Waals surface area contributed by atoms with Crippen LogP contribution in [0.4, 0.5) is 0 Å². The minimum absolute atomic E-state index is 0.137. The number of hydrogen-bond donors (Lipinski definition) is 0. The summed E-state index contributed by atoms with van der Waals surface area (Å²) in [5.74, 6) is 0.388. The Kier molecular flexibility index (Phi) is 2.96. The summed E-state index contributed by atoms with van der Waals surface area (Å²) in [6.07, 6.45) is 3.15. The Morgan fingerprint density at radius 3 is 2.89 bits per heavy atom. The molecular formula is C15H16INO. The van der Waals surface area contributed by atoms with Gasteiger partial charge in [-0.15, -0.1) is 0 Å². The van der Waals surface area contributed by atoms with Crippen LogP contribution in [-0.4, -0.2) is 17.9 Å². The first-order valence-electron chi connectivity index (χ1n) is 6.36. The molecule has 94 valence electrons. The standard InChI is InChI=1S/C15H16INO/c1-9-7-11-4-3-10-5-6-12(16)8-13(10)14(11)17(2)15(9)18/h5-6,8-9H,3-4,7H2,1-2H3. The predicted molar refractivity (Wildman–Crippen MR) is 81.0 cm³/mol. The molecule has 0 saturated heterocycles. The minimum atomic E-state index is 0.137. The van der Waals surface area contributed by atoms with Gasteiger partial charge in [-0.3, -0.25) is 4.79 Å². The lowest BCUT2D eigenvalue weighted by Crippen LogP contribution is -2.36. The van der Waals surface area contributed by atoms with E-state index in [0.717, 1.165) is 19.3 Å². The highest BCUT2D eigenvalue weighted by Gasteiger charge is 2.33. The van der Waals surface area contributed by atoms with Crippen LogP contribution in [0, 0.1) is 9.49 Å². The second kappa shape index (κ2) is 4.37. The van der Waals surface area contributed by atoms with E-state index in [9.17, 15) is 4.79 Å². The van der Waals surface area contributed by atoms with Crippen LogP contribution >= 0.6 is 22.6 Å². The number of benzene rings is 1. The summed E-state index contributed by atoms with van der Waals surface area (Å²) in [7, 11) is 1.92. The first-order chi connectivity index (χ1) is 8.58. The van der Waals surface area contributed by atoms with Crippen LogP contribution in [-0.2, 0) is 11.2 Å². The molecule has 0 fully saturated rings. The van der Waals surface area contributed by atoms with Gasteiger partial charge in [0, 0.05) is 22.1 Å². The van der Waals surface area contributed by atoms with E-state index in [0.29, 0.717) is 0 Å². The van der Waals surface area contributed by atoms with Crippen LogP contribution in [0.5, 0.6) is 0 Å². The molecule has 3 rings (SSSR count). The number of amides is 1. The summed E-state index contributed by atoms with van der Waals surface area (Å²) < 4.78 is 1.24. The summed E-state index contributed by atoms with van der Waals surface area (Å²) in [5.41, 5.74) is 5.28. The fourth-order valence-electron chi connectivity index (χ4n) is 3.10. The second-order valence-corrected chi connectivity index (χ2v) is 6.50. The molecule has 0 aromatic heterocycles. The van der Waals surface area contributed by atoms with E-state index < -0.39 is 0 Å². The maximum atomic E-state index is 12.2. The van der Waals surface area contributed by atoms with Crippen molar-refractivity contribution in [3.63, 3.8) is 0 Å². The SMILES string of the molecule is CC1CC2=C(c3cc(I)ccc3CC2)N(C)C1=O. The molecule has 1 heterocycles. The van der Waals surface area contributed by atoms with Crippen molar-refractivity contribution in [3.8, 4) is 0 Å². The highest BCUT2D eigenvalue weighted by atomic mass is 127. The summed E-state index contributed by atoms with van der Waals surface area (Å²) in [5, 5.41) is 0. The van der Waals surface area contributed by atoms with E-state index in [2.05, 4.69) is 40.8 Å². The summed E-state index contributed by atoms with van der Waals surface area (Å²) in [6, 6.07) is 6.57. The molecule has 1 unspecified atom stereocenters. The van der Waals surface area contributed by atoms with Crippen LogP contribution < -0.4 is 0 Å². The van der Waals surface area contributed by atoms with Crippen molar-refractivity contribution in [1.29, 1.82) is 0 Å². The topological polar surface area (TPSA) is 20.3 Å². The van der Waals surface area contributed by atoms with Gasteiger partial charge in [0.25, 0.3) is 0 Å². The van der Waals surface area contributed by atoms with Crippen molar-refractivity contribution in [3.05, 3.63) is 38.5 Å². The molecule has 0 N–H and O–H groups in total. The third-order valence-electron chi connectivity index (χ3n) is 4.00. The number of carbonyl (C=O) groups is 1. The Hall–Kier alpha value is -0.840. The molecule has 1 aromatic rings. The zero-order valence-electron chi connectivity index (χ0n) is 10.7. The fraction of sp³-hybridized carbons (Fsp3) is 0.400. The molecule has 2 aliphatic rings. The van der Waals surface area contributed by atoms with Gasteiger partial charge in [0.05, 0.1) is 5.70 Å². The van der Waals surface area contributed by atoms with Gasteiger partial charge in [0.2, 0.25) is 5.91 Å². The average Bonchev–Trinajstić information content (AvgIpc) is 2.35. The van der Waals surface area contributed by atoms with Gasteiger partial charge in [-0.1, -0.05) is 13.0 Å². The summed E-state index contributed by atoms with van der Waals surface area (Å²) in [6.45, 7) is 2.03. The zero-order valence-corrected chi connectivity index (χ0v) is 12.8. The van der Waals surface area contributed by atoms with Crippen molar-refractivity contribution in [1.82, 2.24) is 4.90 Å². The third kappa shape index (κ3) is 1.79. The first-order valence-corrected chi connectivity index (χ1v) is 7.44. The number of rotatable bonds is 0. The highest BCUT2D eigenvalue weighted by molar-refractivity contribution is 14.1. The van der Waals surface area contributed by atoms with Crippen molar-refractivity contribution < 1.29 is 4.79 Å².